The molecule has 0 radical (unpaired) electrons. The predicted molar refractivity (Wildman–Crippen MR) is 104 cm³/mol. The standard InChI is InChI=1S/C16H14BrClN2S2/c17-12-3-1-11(2-4-12)15-20(9-10-22-15)16(21)19-14-7-5-13(18)6-8-14/h1-8,15H,9-10H2,(H,19,21)/t15-/m0/s1. The summed E-state index contributed by atoms with van der Waals surface area (Å²) in [6.45, 7) is 0.949. The minimum Gasteiger partial charge on any atom is -0.333 e. The highest BCUT2D eigenvalue weighted by molar-refractivity contribution is 9.10. The van der Waals surface area contributed by atoms with Crippen LogP contribution in [0.15, 0.2) is 53.0 Å². The van der Waals surface area contributed by atoms with Gasteiger partial charge >= 0.3 is 0 Å². The molecule has 22 heavy (non-hydrogen) atoms. The van der Waals surface area contributed by atoms with Gasteiger partial charge < -0.3 is 10.2 Å². The number of nitrogens with one attached hydrogen (secondary N) is 1. The summed E-state index contributed by atoms with van der Waals surface area (Å²) < 4.78 is 1.09. The normalized spacial score (nSPS) is 17.5. The molecule has 0 saturated carbocycles. The van der Waals surface area contributed by atoms with Crippen molar-refractivity contribution in [3.05, 3.63) is 63.6 Å². The first-order chi connectivity index (χ1) is 10.6. The first-order valence-electron chi connectivity index (χ1n) is 6.84. The van der Waals surface area contributed by atoms with Gasteiger partial charge in [-0.1, -0.05) is 39.7 Å². The van der Waals surface area contributed by atoms with Crippen LogP contribution < -0.4 is 5.32 Å². The van der Waals surface area contributed by atoms with Gasteiger partial charge in [0.05, 0.1) is 0 Å². The third-order valence-corrected chi connectivity index (χ3v) is 5.78. The van der Waals surface area contributed by atoms with E-state index in [1.807, 2.05) is 36.0 Å². The monoisotopic (exact) mass is 412 g/mol. The largest absolute Gasteiger partial charge is 0.333 e. The summed E-state index contributed by atoms with van der Waals surface area (Å²) >= 11 is 16.9. The van der Waals surface area contributed by atoms with Crippen LogP contribution in [0.25, 0.3) is 0 Å². The van der Waals surface area contributed by atoms with Gasteiger partial charge in [0.15, 0.2) is 5.11 Å². The maximum Gasteiger partial charge on any atom is 0.174 e. The number of anilines is 1. The molecular weight excluding hydrogens is 400 g/mol. The van der Waals surface area contributed by atoms with Crippen molar-refractivity contribution in [2.45, 2.75) is 5.37 Å². The fraction of sp³-hybridized carbons (Fsp3) is 0.188. The lowest BCUT2D eigenvalue weighted by atomic mass is 10.2. The van der Waals surface area contributed by atoms with Gasteiger partial charge in [0, 0.05) is 27.5 Å². The van der Waals surface area contributed by atoms with E-state index < -0.39 is 0 Å². The highest BCUT2D eigenvalue weighted by Gasteiger charge is 2.28. The van der Waals surface area contributed by atoms with Crippen molar-refractivity contribution in [3.8, 4) is 0 Å². The summed E-state index contributed by atoms with van der Waals surface area (Å²) in [7, 11) is 0. The molecule has 0 spiro atoms. The molecule has 0 unspecified atom stereocenters. The highest BCUT2D eigenvalue weighted by atomic mass is 79.9. The van der Waals surface area contributed by atoms with Gasteiger partial charge in [-0.05, 0) is 54.2 Å². The number of thioether (sulfide) groups is 1. The first kappa shape index (κ1) is 16.1. The van der Waals surface area contributed by atoms with Crippen molar-refractivity contribution in [1.29, 1.82) is 0 Å². The fourth-order valence-electron chi connectivity index (χ4n) is 2.31. The Balaban J connectivity index is 1.73. The molecule has 2 nitrogen and oxygen atoms in total. The Bertz CT molecular complexity index is 661. The molecule has 1 aliphatic heterocycles. The van der Waals surface area contributed by atoms with Crippen LogP contribution in [-0.2, 0) is 0 Å². The third kappa shape index (κ3) is 3.77. The van der Waals surface area contributed by atoms with Crippen molar-refractivity contribution in [3.63, 3.8) is 0 Å². The molecule has 0 aliphatic carbocycles. The molecular formula is C16H14BrClN2S2. The Morgan fingerprint density at radius 2 is 1.86 bits per heavy atom. The Morgan fingerprint density at radius 3 is 2.55 bits per heavy atom. The van der Waals surface area contributed by atoms with Gasteiger partial charge in [0.25, 0.3) is 0 Å². The maximum atomic E-state index is 5.91. The van der Waals surface area contributed by atoms with Crippen molar-refractivity contribution in [1.82, 2.24) is 4.90 Å². The van der Waals surface area contributed by atoms with Gasteiger partial charge in [-0.25, -0.2) is 0 Å². The lowest BCUT2D eigenvalue weighted by molar-refractivity contribution is 0.457. The van der Waals surface area contributed by atoms with Crippen molar-refractivity contribution < 1.29 is 0 Å². The summed E-state index contributed by atoms with van der Waals surface area (Å²) in [6.07, 6.45) is 0. The molecule has 3 rings (SSSR count). The second kappa shape index (κ2) is 7.21. The Kier molecular flexibility index (Phi) is 5.29. The van der Waals surface area contributed by atoms with Crippen molar-refractivity contribution >= 4 is 62.3 Å². The minimum atomic E-state index is 0.264. The summed E-state index contributed by atoms with van der Waals surface area (Å²) in [5.41, 5.74) is 2.23. The van der Waals surface area contributed by atoms with Gasteiger partial charge in [-0.15, -0.1) is 11.8 Å². The number of hydrogen-bond donors (Lipinski definition) is 1. The van der Waals surface area contributed by atoms with E-state index in [9.17, 15) is 0 Å². The van der Waals surface area contributed by atoms with Crippen LogP contribution in [0.4, 0.5) is 5.69 Å². The number of benzene rings is 2. The SMILES string of the molecule is S=C(Nc1ccc(Cl)cc1)N1CCS[C@H]1c1ccc(Br)cc1. The molecule has 1 N–H and O–H groups in total. The van der Waals surface area contributed by atoms with Crippen molar-refractivity contribution in [2.24, 2.45) is 0 Å². The van der Waals surface area contributed by atoms with E-state index in [4.69, 9.17) is 23.8 Å². The average Bonchev–Trinajstić information content (AvgIpc) is 3.00. The molecule has 114 valence electrons. The van der Waals surface area contributed by atoms with E-state index in [-0.39, 0.29) is 5.37 Å². The van der Waals surface area contributed by atoms with E-state index in [1.165, 1.54) is 5.56 Å². The van der Waals surface area contributed by atoms with E-state index in [0.717, 1.165) is 32.6 Å². The molecule has 0 amide bonds. The maximum absolute atomic E-state index is 5.91. The smallest absolute Gasteiger partial charge is 0.174 e. The number of thiocarbonyl (C=S) groups is 1. The Labute approximate surface area is 153 Å². The van der Waals surface area contributed by atoms with Crippen LogP contribution in [0.1, 0.15) is 10.9 Å². The highest BCUT2D eigenvalue weighted by Crippen LogP contribution is 2.38. The molecule has 1 atom stereocenters. The van der Waals surface area contributed by atoms with E-state index in [0.29, 0.717) is 0 Å². The topological polar surface area (TPSA) is 15.3 Å². The second-order valence-electron chi connectivity index (χ2n) is 4.91. The Morgan fingerprint density at radius 1 is 1.18 bits per heavy atom. The molecule has 6 heteroatoms. The predicted octanol–water partition coefficient (Wildman–Crippen LogP) is 5.55. The van der Waals surface area contributed by atoms with Gasteiger partial charge in [0.1, 0.15) is 5.37 Å². The van der Waals surface area contributed by atoms with Crippen LogP contribution in [-0.4, -0.2) is 22.3 Å². The molecule has 2 aromatic rings. The minimum absolute atomic E-state index is 0.264. The van der Waals surface area contributed by atoms with E-state index in [2.05, 4.69) is 50.4 Å². The summed E-state index contributed by atoms with van der Waals surface area (Å²) in [6, 6.07) is 16.0. The van der Waals surface area contributed by atoms with E-state index in [1.54, 1.807) is 0 Å². The second-order valence-corrected chi connectivity index (χ2v) is 7.83. The van der Waals surface area contributed by atoms with Crippen LogP contribution in [0.5, 0.6) is 0 Å². The quantitative estimate of drug-likeness (QED) is 0.649. The molecule has 1 aliphatic rings. The number of rotatable bonds is 2. The van der Waals surface area contributed by atoms with Crippen LogP contribution in [0.2, 0.25) is 5.02 Å². The number of nitrogens with zero attached hydrogens (tertiary/aromatic N) is 1. The molecule has 2 aromatic carbocycles. The zero-order valence-corrected chi connectivity index (χ0v) is 15.6. The molecule has 1 heterocycles. The van der Waals surface area contributed by atoms with Crippen LogP contribution in [0.3, 0.4) is 0 Å². The fourth-order valence-corrected chi connectivity index (χ4v) is 4.35. The average molecular weight is 414 g/mol. The lowest BCUT2D eigenvalue weighted by Gasteiger charge is -2.27. The van der Waals surface area contributed by atoms with Gasteiger partial charge in [0.2, 0.25) is 0 Å². The van der Waals surface area contributed by atoms with Crippen LogP contribution in [0, 0.1) is 0 Å². The zero-order valence-electron chi connectivity index (χ0n) is 11.6. The molecule has 0 bridgehead atoms. The first-order valence-corrected chi connectivity index (χ1v) is 9.46. The molecule has 1 fully saturated rings. The van der Waals surface area contributed by atoms with Gasteiger partial charge in [-0.2, -0.15) is 0 Å². The van der Waals surface area contributed by atoms with Crippen LogP contribution >= 0.6 is 51.5 Å². The zero-order chi connectivity index (χ0) is 15.5. The number of hydrogen-bond acceptors (Lipinski definition) is 2. The van der Waals surface area contributed by atoms with Gasteiger partial charge in [-0.3, -0.25) is 0 Å². The van der Waals surface area contributed by atoms with Crippen molar-refractivity contribution in [2.75, 3.05) is 17.6 Å². The summed E-state index contributed by atoms with van der Waals surface area (Å²) in [5.74, 6) is 1.07. The summed E-state index contributed by atoms with van der Waals surface area (Å²) in [5, 5.41) is 5.04. The molecule has 1 saturated heterocycles. The lowest BCUT2D eigenvalue weighted by Crippen LogP contribution is -2.34. The number of halogens is 2. The summed E-state index contributed by atoms with van der Waals surface area (Å²) in [4.78, 5) is 2.23. The Hall–Kier alpha value is -0.750. The van der Waals surface area contributed by atoms with E-state index >= 15 is 0 Å². The molecule has 0 aromatic heterocycles. The third-order valence-electron chi connectivity index (χ3n) is 3.40.